The SMILES string of the molecule is CCCCC(C)Oc1ccc(Br)cc1C(=O)NC(=S)Nc1ccc(S(=O)(=O)Nc2nc(C)cc(C)n2)cc1. The molecule has 38 heavy (non-hydrogen) atoms. The smallest absolute Gasteiger partial charge is 0.264 e. The Kier molecular flexibility index (Phi) is 10.2. The second-order valence-corrected chi connectivity index (χ2v) is 11.7. The van der Waals surface area contributed by atoms with Gasteiger partial charge in [-0.1, -0.05) is 35.7 Å². The molecule has 202 valence electrons. The first-order valence-corrected chi connectivity index (χ1v) is 14.7. The van der Waals surface area contributed by atoms with Crippen LogP contribution >= 0.6 is 28.1 Å². The van der Waals surface area contributed by atoms with E-state index in [-0.39, 0.29) is 22.1 Å². The van der Waals surface area contributed by atoms with Crippen LogP contribution < -0.4 is 20.1 Å². The topological polar surface area (TPSA) is 122 Å². The monoisotopic (exact) mass is 619 g/mol. The van der Waals surface area contributed by atoms with Gasteiger partial charge in [-0.3, -0.25) is 10.1 Å². The summed E-state index contributed by atoms with van der Waals surface area (Å²) in [6.45, 7) is 7.60. The fourth-order valence-electron chi connectivity index (χ4n) is 3.55. The maximum atomic E-state index is 13.0. The van der Waals surface area contributed by atoms with E-state index in [1.807, 2.05) is 13.0 Å². The van der Waals surface area contributed by atoms with Crippen molar-refractivity contribution >= 4 is 60.8 Å². The van der Waals surface area contributed by atoms with Gasteiger partial charge in [0.25, 0.3) is 15.9 Å². The Hall–Kier alpha value is -3.09. The van der Waals surface area contributed by atoms with Gasteiger partial charge in [-0.2, -0.15) is 0 Å². The van der Waals surface area contributed by atoms with Crippen LogP contribution in [-0.2, 0) is 10.0 Å². The maximum absolute atomic E-state index is 13.0. The molecule has 3 aromatic rings. The number of carbonyl (C=O) groups excluding carboxylic acids is 1. The molecule has 0 saturated carbocycles. The summed E-state index contributed by atoms with van der Waals surface area (Å²) in [6, 6.07) is 12.9. The lowest BCUT2D eigenvalue weighted by Crippen LogP contribution is -2.34. The Balaban J connectivity index is 1.65. The highest BCUT2D eigenvalue weighted by molar-refractivity contribution is 9.10. The minimum atomic E-state index is -3.90. The predicted octanol–water partition coefficient (Wildman–Crippen LogP) is 5.74. The zero-order valence-corrected chi connectivity index (χ0v) is 24.8. The van der Waals surface area contributed by atoms with Crippen molar-refractivity contribution < 1.29 is 17.9 Å². The lowest BCUT2D eigenvalue weighted by Gasteiger charge is -2.18. The van der Waals surface area contributed by atoms with Crippen LogP contribution in [0.1, 0.15) is 54.9 Å². The van der Waals surface area contributed by atoms with Crippen LogP contribution in [0.3, 0.4) is 0 Å². The van der Waals surface area contributed by atoms with E-state index >= 15 is 0 Å². The number of unbranched alkanes of at least 4 members (excludes halogenated alkanes) is 1. The molecular formula is C26H30BrN5O4S2. The van der Waals surface area contributed by atoms with Crippen molar-refractivity contribution in [1.82, 2.24) is 15.3 Å². The zero-order valence-electron chi connectivity index (χ0n) is 21.5. The van der Waals surface area contributed by atoms with Gasteiger partial charge >= 0.3 is 0 Å². The van der Waals surface area contributed by atoms with Gasteiger partial charge in [0.15, 0.2) is 5.11 Å². The van der Waals surface area contributed by atoms with Crippen LogP contribution in [0.2, 0.25) is 0 Å². The fourth-order valence-corrected chi connectivity index (χ4v) is 5.07. The second kappa shape index (κ2) is 13.1. The van der Waals surface area contributed by atoms with Gasteiger partial charge in [0.05, 0.1) is 16.6 Å². The van der Waals surface area contributed by atoms with Gasteiger partial charge in [-0.15, -0.1) is 0 Å². The number of thiocarbonyl (C=S) groups is 1. The minimum Gasteiger partial charge on any atom is -0.490 e. The number of ether oxygens (including phenoxy) is 1. The van der Waals surface area contributed by atoms with Gasteiger partial charge in [0, 0.05) is 21.5 Å². The highest BCUT2D eigenvalue weighted by Gasteiger charge is 2.18. The summed E-state index contributed by atoms with van der Waals surface area (Å²) < 4.78 is 34.6. The average Bonchev–Trinajstić information content (AvgIpc) is 2.83. The Bertz CT molecular complexity index is 1400. The molecule has 0 spiro atoms. The Labute approximate surface area is 237 Å². The number of aromatic nitrogens is 2. The van der Waals surface area contributed by atoms with Crippen LogP contribution in [0, 0.1) is 13.8 Å². The molecule has 3 N–H and O–H groups in total. The number of carbonyl (C=O) groups is 1. The van der Waals surface area contributed by atoms with E-state index in [1.54, 1.807) is 44.2 Å². The molecule has 0 aliphatic carbocycles. The number of hydrogen-bond acceptors (Lipinski definition) is 7. The second-order valence-electron chi connectivity index (χ2n) is 8.72. The van der Waals surface area contributed by atoms with Crippen LogP contribution in [0.4, 0.5) is 11.6 Å². The number of nitrogens with zero attached hydrogens (tertiary/aromatic N) is 2. The molecule has 0 aliphatic heterocycles. The van der Waals surface area contributed by atoms with Gasteiger partial charge in [0.1, 0.15) is 5.75 Å². The number of benzene rings is 2. The predicted molar refractivity (Wildman–Crippen MR) is 156 cm³/mol. The third kappa shape index (κ3) is 8.47. The minimum absolute atomic E-state index is 0.00393. The third-order valence-electron chi connectivity index (χ3n) is 5.34. The highest BCUT2D eigenvalue weighted by Crippen LogP contribution is 2.25. The van der Waals surface area contributed by atoms with Crippen molar-refractivity contribution in [2.75, 3.05) is 10.0 Å². The van der Waals surface area contributed by atoms with Gasteiger partial charge in [-0.25, -0.2) is 23.1 Å². The van der Waals surface area contributed by atoms with E-state index < -0.39 is 15.9 Å². The Morgan fingerprint density at radius 1 is 1.08 bits per heavy atom. The summed E-state index contributed by atoms with van der Waals surface area (Å²) in [5, 5.41) is 5.60. The molecule has 0 aliphatic rings. The quantitative estimate of drug-likeness (QED) is 0.245. The number of rotatable bonds is 10. The van der Waals surface area contributed by atoms with E-state index in [0.29, 0.717) is 28.4 Å². The standard InChI is InChI=1S/C26H30BrN5O4S2/c1-5-6-7-18(4)36-23-13-8-19(27)15-22(23)24(33)31-26(37)30-20-9-11-21(12-10-20)38(34,35)32-25-28-16(2)14-17(3)29-25/h8-15,18H,5-7H2,1-4H3,(H,28,29,32)(H2,30,31,33,37). The molecule has 1 atom stereocenters. The zero-order chi connectivity index (χ0) is 27.9. The number of amides is 1. The van der Waals surface area contributed by atoms with Gasteiger partial charge in [0.2, 0.25) is 5.95 Å². The first-order valence-electron chi connectivity index (χ1n) is 12.0. The lowest BCUT2D eigenvalue weighted by atomic mass is 10.1. The summed E-state index contributed by atoms with van der Waals surface area (Å²) in [7, 11) is -3.90. The molecule has 1 heterocycles. The fraction of sp³-hybridized carbons (Fsp3) is 0.308. The molecule has 0 fully saturated rings. The molecule has 12 heteroatoms. The van der Waals surface area contributed by atoms with Crippen molar-refractivity contribution in [3.8, 4) is 5.75 Å². The van der Waals surface area contributed by atoms with Crippen molar-refractivity contribution in [2.24, 2.45) is 0 Å². The largest absolute Gasteiger partial charge is 0.490 e. The van der Waals surface area contributed by atoms with E-state index in [9.17, 15) is 13.2 Å². The molecule has 0 bridgehead atoms. The molecule has 0 saturated heterocycles. The molecule has 1 unspecified atom stereocenters. The number of anilines is 2. The molecule has 0 radical (unpaired) electrons. The van der Waals surface area contributed by atoms with Crippen LogP contribution in [-0.4, -0.2) is 35.5 Å². The summed E-state index contributed by atoms with van der Waals surface area (Å²) in [5.41, 5.74) is 2.14. The first kappa shape index (κ1) is 29.5. The van der Waals surface area contributed by atoms with Gasteiger partial charge in [-0.05, 0) is 87.9 Å². The lowest BCUT2D eigenvalue weighted by molar-refractivity contribution is 0.0970. The number of hydrogen-bond donors (Lipinski definition) is 3. The Morgan fingerprint density at radius 2 is 1.74 bits per heavy atom. The summed E-state index contributed by atoms with van der Waals surface area (Å²) in [4.78, 5) is 21.2. The molecule has 2 aromatic carbocycles. The summed E-state index contributed by atoms with van der Waals surface area (Å²) >= 11 is 8.71. The summed E-state index contributed by atoms with van der Waals surface area (Å²) in [6.07, 6.45) is 2.93. The van der Waals surface area contributed by atoms with Crippen LogP contribution in [0.15, 0.2) is 57.9 Å². The van der Waals surface area contributed by atoms with Crippen molar-refractivity contribution in [2.45, 2.75) is 58.0 Å². The first-order chi connectivity index (χ1) is 18.0. The molecule has 1 amide bonds. The van der Waals surface area contributed by atoms with Crippen molar-refractivity contribution in [1.29, 1.82) is 0 Å². The number of nitrogens with one attached hydrogen (secondary N) is 3. The van der Waals surface area contributed by atoms with E-state index in [4.69, 9.17) is 17.0 Å². The number of aryl methyl sites for hydroxylation is 2. The average molecular weight is 621 g/mol. The van der Waals surface area contributed by atoms with Crippen molar-refractivity contribution in [3.05, 3.63) is 70.0 Å². The normalized spacial score (nSPS) is 11.9. The van der Waals surface area contributed by atoms with Crippen molar-refractivity contribution in [3.63, 3.8) is 0 Å². The maximum Gasteiger partial charge on any atom is 0.264 e. The van der Waals surface area contributed by atoms with E-state index in [1.165, 1.54) is 12.1 Å². The van der Waals surface area contributed by atoms with Gasteiger partial charge < -0.3 is 10.1 Å². The molecule has 3 rings (SSSR count). The van der Waals surface area contributed by atoms with Crippen LogP contribution in [0.25, 0.3) is 0 Å². The Morgan fingerprint density at radius 3 is 2.37 bits per heavy atom. The van der Waals surface area contributed by atoms with E-state index in [0.717, 1.165) is 23.7 Å². The highest BCUT2D eigenvalue weighted by atomic mass is 79.9. The van der Waals surface area contributed by atoms with Crippen LogP contribution in [0.5, 0.6) is 5.75 Å². The molecular weight excluding hydrogens is 590 g/mol. The molecule has 9 nitrogen and oxygen atoms in total. The molecule has 1 aromatic heterocycles. The van der Waals surface area contributed by atoms with E-state index in [2.05, 4.69) is 48.2 Å². The number of halogens is 1. The number of sulfonamides is 1. The summed E-state index contributed by atoms with van der Waals surface area (Å²) in [5.74, 6) is 0.0366. The third-order valence-corrected chi connectivity index (χ3v) is 7.38.